The normalized spacial score (nSPS) is 20.5. The van der Waals surface area contributed by atoms with Crippen LogP contribution in [0.5, 0.6) is 0 Å². The first-order valence-electron chi connectivity index (χ1n) is 5.40. The van der Waals surface area contributed by atoms with Crippen LogP contribution in [0, 0.1) is 11.3 Å². The number of benzene rings is 1. The first-order chi connectivity index (χ1) is 7.79. The summed E-state index contributed by atoms with van der Waals surface area (Å²) < 4.78 is 0. The molecule has 0 saturated carbocycles. The lowest BCUT2D eigenvalue weighted by atomic mass is 10.1. The maximum Gasteiger partial charge on any atom is 0.0638 e. The van der Waals surface area contributed by atoms with Gasteiger partial charge in [0.05, 0.1) is 12.5 Å². The molecular weight excluding hydrogens is 222 g/mol. The van der Waals surface area contributed by atoms with Crippen molar-refractivity contribution in [3.63, 3.8) is 0 Å². The van der Waals surface area contributed by atoms with Gasteiger partial charge in [0.25, 0.3) is 0 Å². The summed E-state index contributed by atoms with van der Waals surface area (Å²) in [6.45, 7) is 2.79. The molecule has 0 amide bonds. The van der Waals surface area contributed by atoms with Gasteiger partial charge in [0, 0.05) is 36.4 Å². The molecule has 2 rings (SSSR count). The van der Waals surface area contributed by atoms with Gasteiger partial charge in [-0.25, -0.2) is 0 Å². The Morgan fingerprint density at radius 1 is 1.44 bits per heavy atom. The third-order valence-electron chi connectivity index (χ3n) is 2.78. The van der Waals surface area contributed by atoms with Crippen molar-refractivity contribution in [3.05, 3.63) is 29.3 Å². The Balaban J connectivity index is 2.04. The molecule has 1 N–H and O–H groups in total. The molecule has 1 aromatic rings. The minimum Gasteiger partial charge on any atom is -0.369 e. The van der Waals surface area contributed by atoms with Crippen molar-refractivity contribution in [1.82, 2.24) is 5.32 Å². The van der Waals surface area contributed by atoms with Gasteiger partial charge in [0.1, 0.15) is 0 Å². The van der Waals surface area contributed by atoms with Crippen molar-refractivity contribution in [3.8, 4) is 6.07 Å². The molecule has 1 heterocycles. The van der Waals surface area contributed by atoms with Crippen molar-refractivity contribution < 1.29 is 0 Å². The monoisotopic (exact) mass is 235 g/mol. The molecular formula is C12H14ClN3. The summed E-state index contributed by atoms with van der Waals surface area (Å²) in [5.41, 5.74) is 1.17. The zero-order valence-electron chi connectivity index (χ0n) is 8.99. The molecule has 4 heteroatoms. The SMILES string of the molecule is N#CCC1CN(c2ccc(Cl)cc2)CCN1. The third kappa shape index (κ3) is 2.66. The molecule has 0 spiro atoms. The van der Waals surface area contributed by atoms with Gasteiger partial charge in [-0.2, -0.15) is 5.26 Å². The summed E-state index contributed by atoms with van der Waals surface area (Å²) in [5.74, 6) is 0. The van der Waals surface area contributed by atoms with E-state index in [9.17, 15) is 0 Å². The number of nitrogens with one attached hydrogen (secondary N) is 1. The van der Waals surface area contributed by atoms with Crippen LogP contribution >= 0.6 is 11.6 Å². The zero-order valence-corrected chi connectivity index (χ0v) is 9.74. The number of nitrogens with zero attached hydrogens (tertiary/aromatic N) is 2. The van der Waals surface area contributed by atoms with Gasteiger partial charge >= 0.3 is 0 Å². The maximum atomic E-state index is 8.69. The van der Waals surface area contributed by atoms with Crippen LogP contribution in [-0.2, 0) is 0 Å². The lowest BCUT2D eigenvalue weighted by Crippen LogP contribution is -2.50. The average Bonchev–Trinajstić information content (AvgIpc) is 2.31. The maximum absolute atomic E-state index is 8.69. The Kier molecular flexibility index (Phi) is 3.66. The minimum absolute atomic E-state index is 0.273. The quantitative estimate of drug-likeness (QED) is 0.853. The van der Waals surface area contributed by atoms with E-state index in [0.29, 0.717) is 6.42 Å². The predicted octanol–water partition coefficient (Wildman–Crippen LogP) is 2.03. The van der Waals surface area contributed by atoms with E-state index in [4.69, 9.17) is 16.9 Å². The van der Waals surface area contributed by atoms with Crippen LogP contribution < -0.4 is 10.2 Å². The van der Waals surface area contributed by atoms with E-state index < -0.39 is 0 Å². The van der Waals surface area contributed by atoms with Crippen LogP contribution in [0.3, 0.4) is 0 Å². The standard InChI is InChI=1S/C12H14ClN3/c13-10-1-3-12(4-2-10)16-8-7-15-11(9-16)5-6-14/h1-4,11,15H,5,7-9H2. The van der Waals surface area contributed by atoms with Crippen LogP contribution in [-0.4, -0.2) is 25.7 Å². The molecule has 1 fully saturated rings. The minimum atomic E-state index is 0.273. The van der Waals surface area contributed by atoms with Crippen molar-refractivity contribution in [2.45, 2.75) is 12.5 Å². The number of anilines is 1. The van der Waals surface area contributed by atoms with Crippen LogP contribution in [0.4, 0.5) is 5.69 Å². The summed E-state index contributed by atoms with van der Waals surface area (Å²) in [7, 11) is 0. The second kappa shape index (κ2) is 5.20. The highest BCUT2D eigenvalue weighted by atomic mass is 35.5. The first-order valence-corrected chi connectivity index (χ1v) is 5.78. The average molecular weight is 236 g/mol. The number of nitriles is 1. The van der Waals surface area contributed by atoms with Gasteiger partial charge in [-0.1, -0.05) is 11.6 Å². The number of hydrogen-bond donors (Lipinski definition) is 1. The largest absolute Gasteiger partial charge is 0.369 e. The van der Waals surface area contributed by atoms with Gasteiger partial charge in [-0.3, -0.25) is 0 Å². The second-order valence-corrected chi connectivity index (χ2v) is 4.37. The molecule has 1 aliphatic heterocycles. The van der Waals surface area contributed by atoms with Gasteiger partial charge in [0.2, 0.25) is 0 Å². The van der Waals surface area contributed by atoms with E-state index in [0.717, 1.165) is 24.7 Å². The fourth-order valence-corrected chi connectivity index (χ4v) is 2.08. The predicted molar refractivity (Wildman–Crippen MR) is 65.7 cm³/mol. The van der Waals surface area contributed by atoms with E-state index in [-0.39, 0.29) is 6.04 Å². The van der Waals surface area contributed by atoms with Gasteiger partial charge < -0.3 is 10.2 Å². The Bertz CT molecular complexity index is 382. The fraction of sp³-hybridized carbons (Fsp3) is 0.417. The Labute approximate surface area is 101 Å². The summed E-state index contributed by atoms with van der Waals surface area (Å²) in [5, 5.41) is 12.8. The third-order valence-corrected chi connectivity index (χ3v) is 3.04. The lowest BCUT2D eigenvalue weighted by Gasteiger charge is -2.34. The molecule has 1 saturated heterocycles. The molecule has 16 heavy (non-hydrogen) atoms. The van der Waals surface area contributed by atoms with Crippen LogP contribution in [0.15, 0.2) is 24.3 Å². The second-order valence-electron chi connectivity index (χ2n) is 3.94. The van der Waals surface area contributed by atoms with E-state index in [1.807, 2.05) is 24.3 Å². The molecule has 3 nitrogen and oxygen atoms in total. The van der Waals surface area contributed by atoms with Crippen molar-refractivity contribution >= 4 is 17.3 Å². The molecule has 0 radical (unpaired) electrons. The van der Waals surface area contributed by atoms with E-state index in [1.165, 1.54) is 5.69 Å². The molecule has 0 bridgehead atoms. The number of rotatable bonds is 2. The molecule has 1 aliphatic rings. The van der Waals surface area contributed by atoms with Crippen molar-refractivity contribution in [2.24, 2.45) is 0 Å². The highest BCUT2D eigenvalue weighted by Crippen LogP contribution is 2.19. The van der Waals surface area contributed by atoms with E-state index in [1.54, 1.807) is 0 Å². The molecule has 0 aliphatic carbocycles. The summed E-state index contributed by atoms with van der Waals surface area (Å²) >= 11 is 5.86. The topological polar surface area (TPSA) is 39.1 Å². The van der Waals surface area contributed by atoms with Gasteiger partial charge in [0.15, 0.2) is 0 Å². The lowest BCUT2D eigenvalue weighted by molar-refractivity contribution is 0.463. The molecule has 1 aromatic carbocycles. The number of piperazine rings is 1. The Morgan fingerprint density at radius 2 is 2.19 bits per heavy atom. The highest BCUT2D eigenvalue weighted by Gasteiger charge is 2.18. The smallest absolute Gasteiger partial charge is 0.0638 e. The number of hydrogen-bond acceptors (Lipinski definition) is 3. The zero-order chi connectivity index (χ0) is 11.4. The summed E-state index contributed by atoms with van der Waals surface area (Å²) in [6.07, 6.45) is 0.560. The highest BCUT2D eigenvalue weighted by molar-refractivity contribution is 6.30. The van der Waals surface area contributed by atoms with Crippen LogP contribution in [0.25, 0.3) is 0 Å². The van der Waals surface area contributed by atoms with Crippen molar-refractivity contribution in [2.75, 3.05) is 24.5 Å². The van der Waals surface area contributed by atoms with Gasteiger partial charge in [-0.05, 0) is 24.3 Å². The Hall–Kier alpha value is -1.24. The van der Waals surface area contributed by atoms with Gasteiger partial charge in [-0.15, -0.1) is 0 Å². The van der Waals surface area contributed by atoms with E-state index in [2.05, 4.69) is 16.3 Å². The summed E-state index contributed by atoms with van der Waals surface area (Å²) in [4.78, 5) is 2.29. The Morgan fingerprint density at radius 3 is 2.88 bits per heavy atom. The van der Waals surface area contributed by atoms with Crippen LogP contribution in [0.2, 0.25) is 5.02 Å². The molecule has 0 aromatic heterocycles. The number of halogens is 1. The fourth-order valence-electron chi connectivity index (χ4n) is 1.96. The molecule has 1 atom stereocenters. The summed E-state index contributed by atoms with van der Waals surface area (Å²) in [6, 6.07) is 10.3. The van der Waals surface area contributed by atoms with Crippen molar-refractivity contribution in [1.29, 1.82) is 5.26 Å². The first kappa shape index (κ1) is 11.3. The van der Waals surface area contributed by atoms with Crippen LogP contribution in [0.1, 0.15) is 6.42 Å². The van der Waals surface area contributed by atoms with E-state index >= 15 is 0 Å². The molecule has 84 valence electrons. The molecule has 1 unspecified atom stereocenters.